The molecule has 0 radical (unpaired) electrons. The van der Waals surface area contributed by atoms with Crippen LogP contribution in [0, 0.1) is 0 Å². The molecule has 0 unspecified atom stereocenters. The standard InChI is InChI=1S/C11H10O8/c1-16-10(14)18-7-5-3-4-6(9(12)13)8(7)19-11(15)17-2/h3-5H,1-2H3,(H,12,13). The highest BCUT2D eigenvalue weighted by Crippen LogP contribution is 2.32. The van der Waals surface area contributed by atoms with E-state index in [1.807, 2.05) is 0 Å². The van der Waals surface area contributed by atoms with Gasteiger partial charge in [0.1, 0.15) is 5.56 Å². The van der Waals surface area contributed by atoms with Gasteiger partial charge in [-0.1, -0.05) is 6.07 Å². The van der Waals surface area contributed by atoms with E-state index in [1.165, 1.54) is 18.2 Å². The summed E-state index contributed by atoms with van der Waals surface area (Å²) in [5, 5.41) is 8.96. The maximum absolute atomic E-state index is 11.1. The monoisotopic (exact) mass is 270 g/mol. The van der Waals surface area contributed by atoms with Gasteiger partial charge in [-0.3, -0.25) is 0 Å². The summed E-state index contributed by atoms with van der Waals surface area (Å²) in [6.07, 6.45) is -2.24. The molecule has 102 valence electrons. The zero-order valence-corrected chi connectivity index (χ0v) is 10.0. The summed E-state index contributed by atoms with van der Waals surface area (Å²) in [5.74, 6) is -2.10. The molecule has 0 fully saturated rings. The molecule has 1 aromatic rings. The molecule has 1 rings (SSSR count). The first-order chi connectivity index (χ1) is 8.99. The second-order valence-electron chi connectivity index (χ2n) is 3.05. The van der Waals surface area contributed by atoms with Gasteiger partial charge in [-0.15, -0.1) is 0 Å². The van der Waals surface area contributed by atoms with Crippen molar-refractivity contribution in [1.29, 1.82) is 0 Å². The molecule has 1 aromatic carbocycles. The fraction of sp³-hybridized carbons (Fsp3) is 0.182. The number of rotatable bonds is 3. The van der Waals surface area contributed by atoms with Crippen molar-refractivity contribution in [3.05, 3.63) is 23.8 Å². The quantitative estimate of drug-likeness (QED) is 0.652. The van der Waals surface area contributed by atoms with Crippen molar-refractivity contribution in [2.75, 3.05) is 14.2 Å². The van der Waals surface area contributed by atoms with E-state index < -0.39 is 24.0 Å². The number of aromatic carboxylic acids is 1. The predicted molar refractivity (Wildman–Crippen MR) is 59.5 cm³/mol. The summed E-state index contributed by atoms with van der Waals surface area (Å²) in [6.45, 7) is 0. The second kappa shape index (κ2) is 6.24. The van der Waals surface area contributed by atoms with Gasteiger partial charge in [-0.2, -0.15) is 0 Å². The van der Waals surface area contributed by atoms with Crippen LogP contribution in [0.25, 0.3) is 0 Å². The van der Waals surface area contributed by atoms with Crippen LogP contribution in [0.15, 0.2) is 18.2 Å². The highest BCUT2D eigenvalue weighted by Gasteiger charge is 2.21. The molecule has 0 saturated heterocycles. The molecular formula is C11H10O8. The Balaban J connectivity index is 3.21. The van der Waals surface area contributed by atoms with Crippen LogP contribution in [-0.2, 0) is 9.47 Å². The molecular weight excluding hydrogens is 260 g/mol. The van der Waals surface area contributed by atoms with E-state index in [0.717, 1.165) is 14.2 Å². The van der Waals surface area contributed by atoms with Crippen LogP contribution in [0.4, 0.5) is 9.59 Å². The van der Waals surface area contributed by atoms with Crippen molar-refractivity contribution in [3.63, 3.8) is 0 Å². The van der Waals surface area contributed by atoms with Crippen molar-refractivity contribution in [3.8, 4) is 11.5 Å². The summed E-state index contributed by atoms with van der Waals surface area (Å²) in [4.78, 5) is 33.1. The van der Waals surface area contributed by atoms with E-state index in [0.29, 0.717) is 0 Å². The Labute approximate surface area is 107 Å². The summed E-state index contributed by atoms with van der Waals surface area (Å²) in [6, 6.07) is 3.72. The second-order valence-corrected chi connectivity index (χ2v) is 3.05. The fourth-order valence-corrected chi connectivity index (χ4v) is 1.13. The Hall–Kier alpha value is -2.77. The lowest BCUT2D eigenvalue weighted by molar-refractivity contribution is 0.0688. The number of ether oxygens (including phenoxy) is 4. The Morgan fingerprint density at radius 1 is 1.00 bits per heavy atom. The van der Waals surface area contributed by atoms with Crippen LogP contribution < -0.4 is 9.47 Å². The molecule has 0 heterocycles. The van der Waals surface area contributed by atoms with E-state index in [-0.39, 0.29) is 11.3 Å². The van der Waals surface area contributed by atoms with Crippen LogP contribution >= 0.6 is 0 Å². The largest absolute Gasteiger partial charge is 0.513 e. The molecule has 1 N–H and O–H groups in total. The van der Waals surface area contributed by atoms with Crippen LogP contribution in [0.1, 0.15) is 10.4 Å². The molecule has 0 aliphatic heterocycles. The van der Waals surface area contributed by atoms with Crippen LogP contribution in [0.2, 0.25) is 0 Å². The van der Waals surface area contributed by atoms with Gasteiger partial charge in [0, 0.05) is 0 Å². The Morgan fingerprint density at radius 3 is 2.11 bits per heavy atom. The molecule has 0 atom stereocenters. The molecule has 0 aliphatic rings. The van der Waals surface area contributed by atoms with Gasteiger partial charge in [-0.05, 0) is 12.1 Å². The molecule has 0 saturated carbocycles. The highest BCUT2D eigenvalue weighted by molar-refractivity contribution is 5.93. The topological polar surface area (TPSA) is 108 Å². The molecule has 8 heteroatoms. The Morgan fingerprint density at radius 2 is 1.58 bits per heavy atom. The zero-order valence-electron chi connectivity index (χ0n) is 10.0. The van der Waals surface area contributed by atoms with E-state index in [2.05, 4.69) is 18.9 Å². The van der Waals surface area contributed by atoms with Crippen molar-refractivity contribution >= 4 is 18.3 Å². The molecule has 0 spiro atoms. The summed E-state index contributed by atoms with van der Waals surface area (Å²) in [7, 11) is 2.12. The minimum atomic E-state index is -1.37. The fourth-order valence-electron chi connectivity index (χ4n) is 1.13. The maximum Gasteiger partial charge on any atom is 0.513 e. The van der Waals surface area contributed by atoms with Crippen LogP contribution in [0.5, 0.6) is 11.5 Å². The number of para-hydroxylation sites is 1. The van der Waals surface area contributed by atoms with Crippen LogP contribution in [0.3, 0.4) is 0 Å². The molecule has 8 nitrogen and oxygen atoms in total. The number of hydrogen-bond donors (Lipinski definition) is 1. The third kappa shape index (κ3) is 3.60. The first kappa shape index (κ1) is 14.3. The van der Waals surface area contributed by atoms with Crippen molar-refractivity contribution in [2.45, 2.75) is 0 Å². The minimum absolute atomic E-state index is 0.280. The SMILES string of the molecule is COC(=O)Oc1cccc(C(=O)O)c1OC(=O)OC. The molecule has 0 aliphatic carbocycles. The van der Waals surface area contributed by atoms with Gasteiger partial charge >= 0.3 is 18.3 Å². The normalized spacial score (nSPS) is 9.37. The first-order valence-corrected chi connectivity index (χ1v) is 4.87. The number of methoxy groups -OCH3 is 2. The average molecular weight is 270 g/mol. The number of hydrogen-bond acceptors (Lipinski definition) is 7. The molecule has 0 bridgehead atoms. The third-order valence-corrected chi connectivity index (χ3v) is 1.92. The summed E-state index contributed by atoms with van der Waals surface area (Å²) in [5.41, 5.74) is -0.369. The number of carboxylic acids is 1. The number of carboxylic acid groups (broad SMARTS) is 1. The predicted octanol–water partition coefficient (Wildman–Crippen LogP) is 1.68. The van der Waals surface area contributed by atoms with Crippen molar-refractivity contribution in [2.24, 2.45) is 0 Å². The van der Waals surface area contributed by atoms with E-state index in [4.69, 9.17) is 5.11 Å². The number of benzene rings is 1. The van der Waals surface area contributed by atoms with Gasteiger partial charge in [0.05, 0.1) is 14.2 Å². The van der Waals surface area contributed by atoms with Gasteiger partial charge in [0.25, 0.3) is 0 Å². The van der Waals surface area contributed by atoms with Crippen molar-refractivity contribution < 1.29 is 38.4 Å². The molecule has 0 amide bonds. The molecule has 0 aromatic heterocycles. The minimum Gasteiger partial charge on any atom is -0.478 e. The van der Waals surface area contributed by atoms with Crippen LogP contribution in [-0.4, -0.2) is 37.6 Å². The zero-order chi connectivity index (χ0) is 14.4. The Bertz CT molecular complexity index is 507. The maximum atomic E-state index is 11.1. The van der Waals surface area contributed by atoms with Gasteiger partial charge in [-0.25, -0.2) is 14.4 Å². The van der Waals surface area contributed by atoms with E-state index in [1.54, 1.807) is 0 Å². The Kier molecular flexibility index (Phi) is 4.69. The third-order valence-electron chi connectivity index (χ3n) is 1.92. The lowest BCUT2D eigenvalue weighted by atomic mass is 10.2. The summed E-state index contributed by atoms with van der Waals surface area (Å²) < 4.78 is 17.8. The lowest BCUT2D eigenvalue weighted by Gasteiger charge is -2.11. The average Bonchev–Trinajstić information content (AvgIpc) is 2.39. The number of carbonyl (C=O) groups is 3. The highest BCUT2D eigenvalue weighted by atomic mass is 16.7. The molecule has 19 heavy (non-hydrogen) atoms. The van der Waals surface area contributed by atoms with E-state index in [9.17, 15) is 14.4 Å². The van der Waals surface area contributed by atoms with Gasteiger partial charge in [0.2, 0.25) is 0 Å². The van der Waals surface area contributed by atoms with Gasteiger partial charge < -0.3 is 24.1 Å². The smallest absolute Gasteiger partial charge is 0.478 e. The summed E-state index contributed by atoms with van der Waals surface area (Å²) >= 11 is 0. The number of carbonyl (C=O) groups excluding carboxylic acids is 2. The van der Waals surface area contributed by atoms with Gasteiger partial charge in [0.15, 0.2) is 11.5 Å². The first-order valence-electron chi connectivity index (χ1n) is 4.87. The van der Waals surface area contributed by atoms with E-state index >= 15 is 0 Å². The lowest BCUT2D eigenvalue weighted by Crippen LogP contribution is -2.14. The van der Waals surface area contributed by atoms with Crippen molar-refractivity contribution in [1.82, 2.24) is 0 Å².